The van der Waals surface area contributed by atoms with Gasteiger partial charge in [-0.1, -0.05) is 25.7 Å². The molecule has 1 spiro atoms. The number of rotatable bonds is 1. The molecule has 0 amide bonds. The predicted octanol–water partition coefficient (Wildman–Crippen LogP) is 4.19. The molecule has 3 aliphatic rings. The van der Waals surface area contributed by atoms with E-state index in [1.54, 1.807) is 0 Å². The first kappa shape index (κ1) is 13.0. The van der Waals surface area contributed by atoms with Crippen LogP contribution in [0.2, 0.25) is 5.82 Å². The molecule has 3 fully saturated rings. The number of hydrogen-bond acceptors (Lipinski definition) is 2. The van der Waals surface area contributed by atoms with Crippen LogP contribution in [0.4, 0.5) is 0 Å². The molecule has 1 aliphatic heterocycles. The molecule has 1 heterocycles. The molecule has 0 aromatic heterocycles. The van der Waals surface area contributed by atoms with Crippen molar-refractivity contribution < 1.29 is 9.31 Å². The standard InChI is InChI=1S/C15H27BO2/c1-13(2)14(3,4)18-16(17-13)12-11-15(12)9-7-5-6-8-10-15/h12H,5-11H2,1-4H3. The predicted molar refractivity (Wildman–Crippen MR) is 74.6 cm³/mol. The van der Waals surface area contributed by atoms with Crippen LogP contribution in [-0.4, -0.2) is 18.3 Å². The van der Waals surface area contributed by atoms with Crippen LogP contribution in [0.3, 0.4) is 0 Å². The first-order valence-corrected chi connectivity index (χ1v) is 7.72. The van der Waals surface area contributed by atoms with Gasteiger partial charge in [-0.3, -0.25) is 0 Å². The highest BCUT2D eigenvalue weighted by Crippen LogP contribution is 2.68. The van der Waals surface area contributed by atoms with E-state index in [1.165, 1.54) is 44.9 Å². The molecule has 1 saturated heterocycles. The third-order valence-electron chi connectivity index (χ3n) is 5.95. The molecule has 2 aliphatic carbocycles. The molecule has 0 radical (unpaired) electrons. The van der Waals surface area contributed by atoms with Crippen LogP contribution in [0.15, 0.2) is 0 Å². The fraction of sp³-hybridized carbons (Fsp3) is 1.00. The van der Waals surface area contributed by atoms with Gasteiger partial charge in [0.15, 0.2) is 0 Å². The Bertz CT molecular complexity index is 313. The maximum absolute atomic E-state index is 6.23. The summed E-state index contributed by atoms with van der Waals surface area (Å²) in [6, 6.07) is 0. The molecule has 18 heavy (non-hydrogen) atoms. The first-order valence-electron chi connectivity index (χ1n) is 7.72. The molecule has 102 valence electrons. The quantitative estimate of drug-likeness (QED) is 0.649. The minimum absolute atomic E-state index is 0.0492. The summed E-state index contributed by atoms with van der Waals surface area (Å²) >= 11 is 0. The SMILES string of the molecule is CC1(C)OB(C2CC23CCCCCC3)OC1(C)C. The Morgan fingerprint density at radius 1 is 0.833 bits per heavy atom. The van der Waals surface area contributed by atoms with Gasteiger partial charge in [0.1, 0.15) is 0 Å². The molecule has 0 aromatic carbocycles. The van der Waals surface area contributed by atoms with Crippen LogP contribution in [0, 0.1) is 5.41 Å². The molecule has 0 aromatic rings. The Kier molecular flexibility index (Phi) is 2.88. The van der Waals surface area contributed by atoms with Gasteiger partial charge >= 0.3 is 7.12 Å². The van der Waals surface area contributed by atoms with Gasteiger partial charge in [-0.15, -0.1) is 0 Å². The van der Waals surface area contributed by atoms with Crippen LogP contribution in [0.1, 0.15) is 72.6 Å². The van der Waals surface area contributed by atoms with Gasteiger partial charge in [0.05, 0.1) is 11.2 Å². The van der Waals surface area contributed by atoms with E-state index < -0.39 is 0 Å². The van der Waals surface area contributed by atoms with Gasteiger partial charge in [0.25, 0.3) is 0 Å². The second kappa shape index (κ2) is 3.99. The van der Waals surface area contributed by atoms with Crippen LogP contribution in [0.5, 0.6) is 0 Å². The lowest BCUT2D eigenvalue weighted by molar-refractivity contribution is 0.00578. The Balaban J connectivity index is 1.68. The van der Waals surface area contributed by atoms with Gasteiger partial charge in [-0.05, 0) is 52.4 Å². The lowest BCUT2D eigenvalue weighted by Crippen LogP contribution is -2.41. The highest BCUT2D eigenvalue weighted by atomic mass is 16.7. The minimum atomic E-state index is -0.161. The molecule has 1 unspecified atom stereocenters. The third kappa shape index (κ3) is 1.94. The second-order valence-electron chi connectivity index (χ2n) is 7.71. The molecule has 1 atom stereocenters. The minimum Gasteiger partial charge on any atom is -0.403 e. The lowest BCUT2D eigenvalue weighted by Gasteiger charge is -2.32. The highest BCUT2D eigenvalue weighted by Gasteiger charge is 2.65. The van der Waals surface area contributed by atoms with Crippen LogP contribution in [0.25, 0.3) is 0 Å². The summed E-state index contributed by atoms with van der Waals surface area (Å²) in [7, 11) is 0.0492. The van der Waals surface area contributed by atoms with E-state index in [4.69, 9.17) is 9.31 Å². The molecule has 3 rings (SSSR count). The maximum atomic E-state index is 6.23. The van der Waals surface area contributed by atoms with Crippen molar-refractivity contribution in [3.8, 4) is 0 Å². The zero-order chi connectivity index (χ0) is 13.0. The summed E-state index contributed by atoms with van der Waals surface area (Å²) in [4.78, 5) is 0. The smallest absolute Gasteiger partial charge is 0.403 e. The molecule has 0 N–H and O–H groups in total. The van der Waals surface area contributed by atoms with Gasteiger partial charge in [-0.25, -0.2) is 0 Å². The van der Waals surface area contributed by atoms with Crippen molar-refractivity contribution in [2.24, 2.45) is 5.41 Å². The van der Waals surface area contributed by atoms with Crippen molar-refractivity contribution in [3.63, 3.8) is 0 Å². The Morgan fingerprint density at radius 2 is 1.33 bits per heavy atom. The number of hydrogen-bond donors (Lipinski definition) is 0. The van der Waals surface area contributed by atoms with Crippen molar-refractivity contribution in [2.75, 3.05) is 0 Å². The van der Waals surface area contributed by atoms with Crippen LogP contribution >= 0.6 is 0 Å². The van der Waals surface area contributed by atoms with E-state index in [9.17, 15) is 0 Å². The van der Waals surface area contributed by atoms with E-state index in [-0.39, 0.29) is 18.3 Å². The average Bonchev–Trinajstić information content (AvgIpc) is 2.96. The lowest BCUT2D eigenvalue weighted by atomic mass is 9.74. The van der Waals surface area contributed by atoms with Crippen molar-refractivity contribution in [1.82, 2.24) is 0 Å². The first-order chi connectivity index (χ1) is 8.36. The van der Waals surface area contributed by atoms with Crippen molar-refractivity contribution >= 4 is 7.12 Å². The molecular weight excluding hydrogens is 223 g/mol. The monoisotopic (exact) mass is 250 g/mol. The van der Waals surface area contributed by atoms with E-state index in [0.29, 0.717) is 11.2 Å². The zero-order valence-electron chi connectivity index (χ0n) is 12.4. The van der Waals surface area contributed by atoms with Crippen molar-refractivity contribution in [3.05, 3.63) is 0 Å². The van der Waals surface area contributed by atoms with Crippen LogP contribution in [-0.2, 0) is 9.31 Å². The molecule has 2 saturated carbocycles. The Labute approximate surface area is 112 Å². The van der Waals surface area contributed by atoms with Crippen molar-refractivity contribution in [2.45, 2.75) is 89.7 Å². The van der Waals surface area contributed by atoms with Crippen molar-refractivity contribution in [1.29, 1.82) is 0 Å². The maximum Gasteiger partial charge on any atom is 0.461 e. The largest absolute Gasteiger partial charge is 0.461 e. The highest BCUT2D eigenvalue weighted by molar-refractivity contribution is 6.49. The third-order valence-corrected chi connectivity index (χ3v) is 5.95. The molecular formula is C15H27BO2. The van der Waals surface area contributed by atoms with E-state index in [2.05, 4.69) is 27.7 Å². The Hall–Kier alpha value is -0.0151. The van der Waals surface area contributed by atoms with Gasteiger partial charge < -0.3 is 9.31 Å². The summed E-state index contributed by atoms with van der Waals surface area (Å²) in [5.74, 6) is 0.664. The fourth-order valence-corrected chi connectivity index (χ4v) is 3.82. The summed E-state index contributed by atoms with van der Waals surface area (Å²) in [6.45, 7) is 8.65. The van der Waals surface area contributed by atoms with E-state index in [1.807, 2.05) is 0 Å². The summed E-state index contributed by atoms with van der Waals surface area (Å²) < 4.78 is 12.5. The van der Waals surface area contributed by atoms with E-state index >= 15 is 0 Å². The molecule has 2 nitrogen and oxygen atoms in total. The average molecular weight is 250 g/mol. The molecule has 3 heteroatoms. The second-order valence-corrected chi connectivity index (χ2v) is 7.71. The molecule has 0 bridgehead atoms. The van der Waals surface area contributed by atoms with Gasteiger partial charge in [0.2, 0.25) is 0 Å². The Morgan fingerprint density at radius 3 is 1.83 bits per heavy atom. The van der Waals surface area contributed by atoms with E-state index in [0.717, 1.165) is 0 Å². The fourth-order valence-electron chi connectivity index (χ4n) is 3.82. The van der Waals surface area contributed by atoms with Crippen LogP contribution < -0.4 is 0 Å². The normalized spacial score (nSPS) is 36.7. The van der Waals surface area contributed by atoms with Gasteiger partial charge in [-0.2, -0.15) is 0 Å². The topological polar surface area (TPSA) is 18.5 Å². The zero-order valence-corrected chi connectivity index (χ0v) is 12.4. The summed E-state index contributed by atoms with van der Waals surface area (Å²) in [5.41, 5.74) is 0.260. The summed E-state index contributed by atoms with van der Waals surface area (Å²) in [5, 5.41) is 0. The van der Waals surface area contributed by atoms with Gasteiger partial charge in [0, 0.05) is 5.82 Å². The summed E-state index contributed by atoms with van der Waals surface area (Å²) in [6.07, 6.45) is 9.83.